The summed E-state index contributed by atoms with van der Waals surface area (Å²) in [4.78, 5) is 10.3. The summed E-state index contributed by atoms with van der Waals surface area (Å²) in [5.41, 5.74) is 0.280. The number of methoxy groups -OCH3 is 1. The SMILES string of the molecule is COCOc1ccc(C=O)cc1F. The van der Waals surface area contributed by atoms with Gasteiger partial charge in [-0.1, -0.05) is 0 Å². The third-order valence-corrected chi connectivity index (χ3v) is 1.42. The van der Waals surface area contributed by atoms with Crippen LogP contribution in [0.1, 0.15) is 10.4 Å². The third-order valence-electron chi connectivity index (χ3n) is 1.42. The fraction of sp³-hybridized carbons (Fsp3) is 0.222. The molecular formula is C9H9FO3. The fourth-order valence-electron chi connectivity index (χ4n) is 0.830. The van der Waals surface area contributed by atoms with Gasteiger partial charge in [0, 0.05) is 12.7 Å². The van der Waals surface area contributed by atoms with E-state index in [0.717, 1.165) is 6.07 Å². The number of ether oxygens (including phenoxy) is 2. The van der Waals surface area contributed by atoms with Gasteiger partial charge in [0.2, 0.25) is 0 Å². The number of halogens is 1. The van der Waals surface area contributed by atoms with Gasteiger partial charge in [0.1, 0.15) is 6.29 Å². The second-order valence-corrected chi connectivity index (χ2v) is 2.36. The van der Waals surface area contributed by atoms with E-state index in [2.05, 4.69) is 4.74 Å². The molecule has 0 aliphatic carbocycles. The molecule has 0 fully saturated rings. The molecule has 1 rings (SSSR count). The van der Waals surface area contributed by atoms with Crippen molar-refractivity contribution >= 4 is 6.29 Å². The summed E-state index contributed by atoms with van der Waals surface area (Å²) < 4.78 is 22.5. The van der Waals surface area contributed by atoms with Crippen LogP contribution in [0.25, 0.3) is 0 Å². The summed E-state index contributed by atoms with van der Waals surface area (Å²) in [5, 5.41) is 0. The van der Waals surface area contributed by atoms with Gasteiger partial charge in [-0.3, -0.25) is 4.79 Å². The maximum Gasteiger partial charge on any atom is 0.188 e. The van der Waals surface area contributed by atoms with Gasteiger partial charge in [0.25, 0.3) is 0 Å². The number of carbonyl (C=O) groups excluding carboxylic acids is 1. The van der Waals surface area contributed by atoms with Crippen molar-refractivity contribution in [3.05, 3.63) is 29.6 Å². The quantitative estimate of drug-likeness (QED) is 0.527. The number of aldehydes is 1. The van der Waals surface area contributed by atoms with Gasteiger partial charge < -0.3 is 9.47 Å². The van der Waals surface area contributed by atoms with E-state index in [1.165, 1.54) is 19.2 Å². The highest BCUT2D eigenvalue weighted by Crippen LogP contribution is 2.17. The molecule has 0 amide bonds. The monoisotopic (exact) mass is 184 g/mol. The summed E-state index contributed by atoms with van der Waals surface area (Å²) in [6.07, 6.45) is 0.573. The Morgan fingerprint density at radius 2 is 2.31 bits per heavy atom. The van der Waals surface area contributed by atoms with Crippen molar-refractivity contribution in [1.82, 2.24) is 0 Å². The molecule has 0 saturated carbocycles. The van der Waals surface area contributed by atoms with Crippen molar-refractivity contribution in [2.24, 2.45) is 0 Å². The van der Waals surface area contributed by atoms with E-state index >= 15 is 0 Å². The zero-order valence-electron chi connectivity index (χ0n) is 7.12. The molecule has 0 aliphatic rings. The zero-order valence-corrected chi connectivity index (χ0v) is 7.12. The Hall–Kier alpha value is -1.42. The van der Waals surface area contributed by atoms with Crippen LogP contribution in [-0.4, -0.2) is 20.2 Å². The second-order valence-electron chi connectivity index (χ2n) is 2.36. The van der Waals surface area contributed by atoms with Gasteiger partial charge in [-0.2, -0.15) is 0 Å². The van der Waals surface area contributed by atoms with E-state index in [-0.39, 0.29) is 18.1 Å². The van der Waals surface area contributed by atoms with Crippen LogP contribution in [0.2, 0.25) is 0 Å². The number of benzene rings is 1. The molecule has 0 heterocycles. The van der Waals surface area contributed by atoms with Crippen LogP contribution in [0.3, 0.4) is 0 Å². The molecule has 0 radical (unpaired) electrons. The van der Waals surface area contributed by atoms with Gasteiger partial charge in [0.05, 0.1) is 0 Å². The molecule has 0 aliphatic heterocycles. The van der Waals surface area contributed by atoms with Gasteiger partial charge in [-0.15, -0.1) is 0 Å². The first-order valence-electron chi connectivity index (χ1n) is 3.64. The summed E-state index contributed by atoms with van der Waals surface area (Å²) in [6, 6.07) is 3.97. The standard InChI is InChI=1S/C9H9FO3/c1-12-6-13-9-3-2-7(5-11)4-8(9)10/h2-5H,6H2,1H3. The molecule has 1 aromatic rings. The van der Waals surface area contributed by atoms with Gasteiger partial charge in [-0.05, 0) is 18.2 Å². The summed E-state index contributed by atoms with van der Waals surface area (Å²) in [6.45, 7) is -0.0165. The summed E-state index contributed by atoms with van der Waals surface area (Å²) >= 11 is 0. The Morgan fingerprint density at radius 1 is 1.54 bits per heavy atom. The maximum absolute atomic E-state index is 13.0. The van der Waals surface area contributed by atoms with Crippen molar-refractivity contribution in [3.8, 4) is 5.75 Å². The minimum absolute atomic E-state index is 0.0165. The smallest absolute Gasteiger partial charge is 0.188 e. The Bertz CT molecular complexity index is 299. The average molecular weight is 184 g/mol. The molecule has 0 unspecified atom stereocenters. The normalized spacial score (nSPS) is 9.69. The Morgan fingerprint density at radius 3 is 2.85 bits per heavy atom. The van der Waals surface area contributed by atoms with Crippen LogP contribution in [0.5, 0.6) is 5.75 Å². The minimum atomic E-state index is -0.568. The minimum Gasteiger partial charge on any atom is -0.464 e. The predicted molar refractivity (Wildman–Crippen MR) is 44.3 cm³/mol. The van der Waals surface area contributed by atoms with Crippen LogP contribution in [-0.2, 0) is 4.74 Å². The van der Waals surface area contributed by atoms with E-state index in [0.29, 0.717) is 6.29 Å². The predicted octanol–water partition coefficient (Wildman–Crippen LogP) is 1.62. The Kier molecular flexibility index (Phi) is 3.40. The lowest BCUT2D eigenvalue weighted by Gasteiger charge is -2.05. The number of carbonyl (C=O) groups is 1. The molecule has 70 valence electrons. The third kappa shape index (κ3) is 2.52. The largest absolute Gasteiger partial charge is 0.464 e. The number of rotatable bonds is 4. The fourth-order valence-corrected chi connectivity index (χ4v) is 0.830. The average Bonchev–Trinajstić information content (AvgIpc) is 2.16. The Labute approximate surface area is 75.1 Å². The first kappa shape index (κ1) is 9.67. The molecule has 0 N–H and O–H groups in total. The molecule has 0 atom stereocenters. The molecule has 0 spiro atoms. The van der Waals surface area contributed by atoms with Crippen molar-refractivity contribution in [2.75, 3.05) is 13.9 Å². The number of hydrogen-bond acceptors (Lipinski definition) is 3. The first-order valence-corrected chi connectivity index (χ1v) is 3.64. The van der Waals surface area contributed by atoms with Gasteiger partial charge in [0.15, 0.2) is 18.4 Å². The van der Waals surface area contributed by atoms with E-state index in [1.807, 2.05) is 0 Å². The van der Waals surface area contributed by atoms with Crippen molar-refractivity contribution in [1.29, 1.82) is 0 Å². The van der Waals surface area contributed by atoms with Crippen LogP contribution < -0.4 is 4.74 Å². The highest BCUT2D eigenvalue weighted by molar-refractivity contribution is 5.74. The molecular weight excluding hydrogens is 175 g/mol. The molecule has 13 heavy (non-hydrogen) atoms. The van der Waals surface area contributed by atoms with Crippen molar-refractivity contribution in [3.63, 3.8) is 0 Å². The lowest BCUT2D eigenvalue weighted by Crippen LogP contribution is -2.00. The molecule has 1 aromatic carbocycles. The maximum atomic E-state index is 13.0. The molecule has 0 aromatic heterocycles. The van der Waals surface area contributed by atoms with E-state index < -0.39 is 5.82 Å². The lowest BCUT2D eigenvalue weighted by atomic mass is 10.2. The van der Waals surface area contributed by atoms with Crippen molar-refractivity contribution in [2.45, 2.75) is 0 Å². The van der Waals surface area contributed by atoms with Crippen LogP contribution in [0.15, 0.2) is 18.2 Å². The van der Waals surface area contributed by atoms with Gasteiger partial charge >= 0.3 is 0 Å². The van der Waals surface area contributed by atoms with E-state index in [1.54, 1.807) is 0 Å². The first-order chi connectivity index (χ1) is 6.27. The topological polar surface area (TPSA) is 35.5 Å². The zero-order chi connectivity index (χ0) is 9.68. The van der Waals surface area contributed by atoms with E-state index in [9.17, 15) is 9.18 Å². The summed E-state index contributed by atoms with van der Waals surface area (Å²) in [5.74, 6) is -0.492. The van der Waals surface area contributed by atoms with Crippen molar-refractivity contribution < 1.29 is 18.7 Å². The molecule has 0 bridgehead atoms. The van der Waals surface area contributed by atoms with Gasteiger partial charge in [-0.25, -0.2) is 4.39 Å². The lowest BCUT2D eigenvalue weighted by molar-refractivity contribution is 0.0483. The molecule has 0 saturated heterocycles. The van der Waals surface area contributed by atoms with Crippen LogP contribution >= 0.6 is 0 Å². The molecule has 3 nitrogen and oxygen atoms in total. The highest BCUT2D eigenvalue weighted by atomic mass is 19.1. The molecule has 4 heteroatoms. The second kappa shape index (κ2) is 4.57. The van der Waals surface area contributed by atoms with Crippen LogP contribution in [0.4, 0.5) is 4.39 Å². The van der Waals surface area contributed by atoms with Crippen LogP contribution in [0, 0.1) is 5.82 Å². The highest BCUT2D eigenvalue weighted by Gasteiger charge is 2.03. The van der Waals surface area contributed by atoms with E-state index in [4.69, 9.17) is 4.74 Å². The summed E-state index contributed by atoms with van der Waals surface area (Å²) in [7, 11) is 1.44. The number of hydrogen-bond donors (Lipinski definition) is 0. The Balaban J connectivity index is 2.79.